The molecular weight excluding hydrogens is 392 g/mol. The second-order valence-electron chi connectivity index (χ2n) is 8.15. The van der Waals surface area contributed by atoms with Gasteiger partial charge in [-0.15, -0.1) is 0 Å². The molecule has 9 nitrogen and oxygen atoms in total. The first-order valence-electron chi connectivity index (χ1n) is 10.7. The van der Waals surface area contributed by atoms with Crippen molar-refractivity contribution in [2.24, 2.45) is 7.05 Å². The van der Waals surface area contributed by atoms with Crippen LogP contribution in [0, 0.1) is 0 Å². The van der Waals surface area contributed by atoms with Gasteiger partial charge in [-0.25, -0.2) is 9.97 Å². The van der Waals surface area contributed by atoms with Crippen molar-refractivity contribution in [1.29, 1.82) is 0 Å². The van der Waals surface area contributed by atoms with Gasteiger partial charge < -0.3 is 19.7 Å². The summed E-state index contributed by atoms with van der Waals surface area (Å²) in [5.41, 5.74) is 2.47. The molecule has 0 atom stereocenters. The molecule has 1 N–H and O–H groups in total. The number of carbonyl (C=O) groups is 1. The number of nitrogens with one attached hydrogen (secondary N) is 1. The van der Waals surface area contributed by atoms with Crippen LogP contribution in [0.15, 0.2) is 30.6 Å². The Hall–Kier alpha value is -3.04. The summed E-state index contributed by atoms with van der Waals surface area (Å²) in [7, 11) is 5.31. The Morgan fingerprint density at radius 2 is 1.84 bits per heavy atom. The Balaban J connectivity index is 1.43. The molecule has 164 valence electrons. The highest BCUT2D eigenvalue weighted by molar-refractivity contribution is 5.97. The van der Waals surface area contributed by atoms with Crippen LogP contribution in [0.5, 0.6) is 0 Å². The highest BCUT2D eigenvalue weighted by Gasteiger charge is 2.17. The number of hydrogen-bond donors (Lipinski definition) is 1. The van der Waals surface area contributed by atoms with Crippen molar-refractivity contribution in [2.45, 2.75) is 13.5 Å². The Morgan fingerprint density at radius 3 is 2.48 bits per heavy atom. The number of pyridine rings is 1. The van der Waals surface area contributed by atoms with Crippen LogP contribution < -0.4 is 5.32 Å². The smallest absolute Gasteiger partial charge is 0.270 e. The minimum Gasteiger partial charge on any atom is -0.343 e. The highest BCUT2D eigenvalue weighted by atomic mass is 16.2. The molecule has 3 aromatic rings. The van der Waals surface area contributed by atoms with E-state index >= 15 is 0 Å². The number of aromatic nitrogens is 4. The number of nitrogens with zero attached hydrogens (tertiary/aromatic N) is 7. The normalized spacial score (nSPS) is 15.4. The van der Waals surface area contributed by atoms with E-state index in [1.165, 1.54) is 5.56 Å². The number of anilines is 2. The van der Waals surface area contributed by atoms with Crippen LogP contribution in [-0.2, 0) is 13.6 Å². The van der Waals surface area contributed by atoms with E-state index in [0.717, 1.165) is 44.7 Å². The Labute approximate surface area is 182 Å². The number of hydrogen-bond acceptors (Lipinski definition) is 7. The van der Waals surface area contributed by atoms with Gasteiger partial charge in [-0.05, 0) is 24.2 Å². The molecule has 0 radical (unpaired) electrons. The second kappa shape index (κ2) is 8.99. The zero-order chi connectivity index (χ0) is 22.0. The molecule has 0 saturated carbocycles. The maximum absolute atomic E-state index is 12.3. The maximum atomic E-state index is 12.3. The van der Waals surface area contributed by atoms with Crippen LogP contribution in [0.3, 0.4) is 0 Å². The van der Waals surface area contributed by atoms with Gasteiger partial charge in [0.1, 0.15) is 17.2 Å². The number of amides is 1. The third-order valence-corrected chi connectivity index (χ3v) is 5.78. The van der Waals surface area contributed by atoms with E-state index in [-0.39, 0.29) is 5.91 Å². The summed E-state index contributed by atoms with van der Waals surface area (Å²) in [5.74, 6) is 1.08. The molecule has 1 amide bonds. The number of rotatable bonds is 6. The summed E-state index contributed by atoms with van der Waals surface area (Å²) in [6.07, 6.45) is 3.63. The van der Waals surface area contributed by atoms with Crippen molar-refractivity contribution >= 4 is 28.7 Å². The first-order chi connectivity index (χ1) is 14.9. The fraction of sp³-hybridized carbons (Fsp3) is 0.455. The van der Waals surface area contributed by atoms with Gasteiger partial charge in [0.2, 0.25) is 5.95 Å². The van der Waals surface area contributed by atoms with Gasteiger partial charge in [-0.1, -0.05) is 13.0 Å². The van der Waals surface area contributed by atoms with Crippen molar-refractivity contribution in [2.75, 3.05) is 52.1 Å². The van der Waals surface area contributed by atoms with Crippen LogP contribution in [0.4, 0.5) is 11.8 Å². The topological polar surface area (TPSA) is 82.4 Å². The van der Waals surface area contributed by atoms with Gasteiger partial charge in [0.05, 0.1) is 0 Å². The number of fused-ring (bicyclic) bond motifs is 1. The molecule has 1 aliphatic heterocycles. The van der Waals surface area contributed by atoms with Crippen molar-refractivity contribution in [3.8, 4) is 0 Å². The average Bonchev–Trinajstić information content (AvgIpc) is 3.11. The fourth-order valence-corrected chi connectivity index (χ4v) is 3.83. The van der Waals surface area contributed by atoms with E-state index in [9.17, 15) is 4.79 Å². The maximum Gasteiger partial charge on any atom is 0.270 e. The van der Waals surface area contributed by atoms with E-state index in [4.69, 9.17) is 0 Å². The lowest BCUT2D eigenvalue weighted by Crippen LogP contribution is -2.45. The molecule has 0 aliphatic carbocycles. The monoisotopic (exact) mass is 422 g/mol. The molecule has 0 bridgehead atoms. The first-order valence-corrected chi connectivity index (χ1v) is 10.7. The molecule has 1 fully saturated rings. The lowest BCUT2D eigenvalue weighted by molar-refractivity contribution is 0.0819. The van der Waals surface area contributed by atoms with Gasteiger partial charge in [-0.3, -0.25) is 9.69 Å². The summed E-state index contributed by atoms with van der Waals surface area (Å²) in [4.78, 5) is 32.3. The molecule has 4 heterocycles. The minimum absolute atomic E-state index is 0.0663. The van der Waals surface area contributed by atoms with Crippen LogP contribution in [0.2, 0.25) is 0 Å². The summed E-state index contributed by atoms with van der Waals surface area (Å²) in [6.45, 7) is 8.70. The number of likely N-dealkylation sites (N-methyl/N-ethyl adjacent to an activating group) is 1. The molecule has 0 spiro atoms. The summed E-state index contributed by atoms with van der Waals surface area (Å²) in [6, 6.07) is 5.86. The standard InChI is InChI=1S/C22H30N8O/c1-5-29-8-10-30(11-9-29)15-16-6-7-19(23-13-16)25-22-24-14-17-12-18(21(31)27(2)3)28(4)20(17)26-22/h6-7,12-14H,5,8-11,15H2,1-4H3,(H,23,24,25,26). The van der Waals surface area contributed by atoms with E-state index in [1.807, 2.05) is 25.4 Å². The molecule has 4 rings (SSSR count). The Morgan fingerprint density at radius 1 is 1.10 bits per heavy atom. The predicted octanol–water partition coefficient (Wildman–Crippen LogP) is 1.95. The summed E-state index contributed by atoms with van der Waals surface area (Å²) >= 11 is 0. The second-order valence-corrected chi connectivity index (χ2v) is 8.15. The van der Waals surface area contributed by atoms with Crippen molar-refractivity contribution in [1.82, 2.24) is 34.2 Å². The lowest BCUT2D eigenvalue weighted by Gasteiger charge is -2.33. The van der Waals surface area contributed by atoms with E-state index in [0.29, 0.717) is 23.1 Å². The molecule has 9 heteroatoms. The Bertz CT molecular complexity index is 1050. The van der Waals surface area contributed by atoms with Crippen molar-refractivity contribution < 1.29 is 4.79 Å². The SMILES string of the molecule is CCN1CCN(Cc2ccc(Nc3ncc4cc(C(=O)N(C)C)n(C)c4n3)nc2)CC1. The van der Waals surface area contributed by atoms with Gasteiger partial charge in [0.25, 0.3) is 5.91 Å². The molecular formula is C22H30N8O. The third kappa shape index (κ3) is 4.67. The van der Waals surface area contributed by atoms with Crippen LogP contribution in [0.25, 0.3) is 11.0 Å². The molecule has 3 aromatic heterocycles. The molecule has 1 aliphatic rings. The van der Waals surface area contributed by atoms with E-state index in [2.05, 4.69) is 43.1 Å². The number of carbonyl (C=O) groups excluding carboxylic acids is 1. The van der Waals surface area contributed by atoms with E-state index < -0.39 is 0 Å². The van der Waals surface area contributed by atoms with Crippen LogP contribution in [0.1, 0.15) is 23.0 Å². The zero-order valence-corrected chi connectivity index (χ0v) is 18.7. The third-order valence-electron chi connectivity index (χ3n) is 5.78. The zero-order valence-electron chi connectivity index (χ0n) is 18.7. The van der Waals surface area contributed by atoms with Gasteiger partial charge in [0.15, 0.2) is 0 Å². The van der Waals surface area contributed by atoms with Gasteiger partial charge in [0, 0.05) is 71.6 Å². The average molecular weight is 423 g/mol. The summed E-state index contributed by atoms with van der Waals surface area (Å²) in [5, 5.41) is 3.99. The van der Waals surface area contributed by atoms with Crippen LogP contribution >= 0.6 is 0 Å². The predicted molar refractivity (Wildman–Crippen MR) is 121 cm³/mol. The molecule has 1 saturated heterocycles. The van der Waals surface area contributed by atoms with Crippen molar-refractivity contribution in [3.63, 3.8) is 0 Å². The molecule has 0 aromatic carbocycles. The highest BCUT2D eigenvalue weighted by Crippen LogP contribution is 2.20. The largest absolute Gasteiger partial charge is 0.343 e. The quantitative estimate of drug-likeness (QED) is 0.650. The first kappa shape index (κ1) is 21.2. The van der Waals surface area contributed by atoms with Crippen LogP contribution in [-0.4, -0.2) is 86.9 Å². The van der Waals surface area contributed by atoms with Crippen molar-refractivity contribution in [3.05, 3.63) is 41.9 Å². The van der Waals surface area contributed by atoms with Gasteiger partial charge >= 0.3 is 0 Å². The van der Waals surface area contributed by atoms with E-state index in [1.54, 1.807) is 29.8 Å². The Kier molecular flexibility index (Phi) is 6.15. The lowest BCUT2D eigenvalue weighted by atomic mass is 10.2. The fourth-order valence-electron chi connectivity index (χ4n) is 3.83. The minimum atomic E-state index is -0.0663. The number of piperazine rings is 1. The molecule has 31 heavy (non-hydrogen) atoms. The summed E-state index contributed by atoms with van der Waals surface area (Å²) < 4.78 is 1.79. The molecule has 0 unspecified atom stereocenters. The van der Waals surface area contributed by atoms with Gasteiger partial charge in [-0.2, -0.15) is 4.98 Å². The number of aryl methyl sites for hydroxylation is 1.